The summed E-state index contributed by atoms with van der Waals surface area (Å²) >= 11 is 6.16. The number of nitrogens with zero attached hydrogens (tertiary/aromatic N) is 2. The smallest absolute Gasteiger partial charge is 0.412 e. The predicted molar refractivity (Wildman–Crippen MR) is 117 cm³/mol. The number of hydrogen-bond acceptors (Lipinski definition) is 5. The Morgan fingerprint density at radius 1 is 1.13 bits per heavy atom. The monoisotopic (exact) mass is 426 g/mol. The van der Waals surface area contributed by atoms with Gasteiger partial charge in [0.05, 0.1) is 6.04 Å². The van der Waals surface area contributed by atoms with E-state index >= 15 is 0 Å². The van der Waals surface area contributed by atoms with Crippen LogP contribution in [0.3, 0.4) is 0 Å². The SMILES string of the molecule is CC(=O)N(NCc1ccccc1Cl)[C@@H](C)COC(=O)Nc1cc2ccccc2cn1. The molecular formula is C22H23ClN4O3. The van der Waals surface area contributed by atoms with Crippen molar-refractivity contribution in [2.75, 3.05) is 11.9 Å². The topological polar surface area (TPSA) is 83.6 Å². The number of ether oxygens (including phenoxy) is 1. The summed E-state index contributed by atoms with van der Waals surface area (Å²) in [6.45, 7) is 3.60. The number of anilines is 1. The van der Waals surface area contributed by atoms with Crippen molar-refractivity contribution >= 4 is 40.2 Å². The van der Waals surface area contributed by atoms with E-state index in [1.165, 1.54) is 11.9 Å². The van der Waals surface area contributed by atoms with E-state index in [-0.39, 0.29) is 18.6 Å². The molecule has 3 rings (SSSR count). The third-order valence-corrected chi connectivity index (χ3v) is 4.86. The summed E-state index contributed by atoms with van der Waals surface area (Å²) in [7, 11) is 0. The van der Waals surface area contributed by atoms with E-state index < -0.39 is 6.09 Å². The minimum atomic E-state index is -0.640. The maximum atomic E-state index is 12.2. The van der Waals surface area contributed by atoms with Gasteiger partial charge in [0.25, 0.3) is 0 Å². The predicted octanol–water partition coefficient (Wildman–Crippen LogP) is 4.38. The van der Waals surface area contributed by atoms with Crippen molar-refractivity contribution < 1.29 is 14.3 Å². The zero-order valence-corrected chi connectivity index (χ0v) is 17.5. The fourth-order valence-electron chi connectivity index (χ4n) is 2.95. The average Bonchev–Trinajstić information content (AvgIpc) is 2.73. The highest BCUT2D eigenvalue weighted by Gasteiger charge is 2.19. The minimum Gasteiger partial charge on any atom is -0.447 e. The Morgan fingerprint density at radius 3 is 2.57 bits per heavy atom. The number of halogens is 1. The summed E-state index contributed by atoms with van der Waals surface area (Å²) in [6.07, 6.45) is 1.04. The molecule has 0 fully saturated rings. The molecule has 0 spiro atoms. The summed E-state index contributed by atoms with van der Waals surface area (Å²) in [5.74, 6) is 0.196. The second-order valence-electron chi connectivity index (χ2n) is 6.80. The molecule has 1 atom stereocenters. The highest BCUT2D eigenvalue weighted by molar-refractivity contribution is 6.31. The van der Waals surface area contributed by atoms with Crippen LogP contribution in [0.2, 0.25) is 5.02 Å². The molecule has 0 unspecified atom stereocenters. The molecule has 0 aliphatic heterocycles. The first-order valence-electron chi connectivity index (χ1n) is 9.49. The number of amides is 2. The Bertz CT molecular complexity index is 1040. The van der Waals surface area contributed by atoms with E-state index in [1.807, 2.05) is 42.5 Å². The summed E-state index contributed by atoms with van der Waals surface area (Å²) in [6, 6.07) is 16.5. The van der Waals surface area contributed by atoms with Gasteiger partial charge in [0, 0.05) is 30.1 Å². The first kappa shape index (κ1) is 21.5. The van der Waals surface area contributed by atoms with E-state index in [2.05, 4.69) is 15.7 Å². The molecule has 0 aliphatic rings. The fraction of sp³-hybridized carbons (Fsp3) is 0.227. The molecular weight excluding hydrogens is 404 g/mol. The van der Waals surface area contributed by atoms with Gasteiger partial charge in [-0.15, -0.1) is 0 Å². The second kappa shape index (κ2) is 10.0. The van der Waals surface area contributed by atoms with Crippen molar-refractivity contribution in [1.29, 1.82) is 0 Å². The first-order valence-corrected chi connectivity index (χ1v) is 9.87. The Labute approximate surface area is 180 Å². The summed E-state index contributed by atoms with van der Waals surface area (Å²) in [5, 5.41) is 6.58. The average molecular weight is 427 g/mol. The molecule has 1 aromatic heterocycles. The molecule has 0 saturated heterocycles. The van der Waals surface area contributed by atoms with Gasteiger partial charge in [0.1, 0.15) is 12.4 Å². The van der Waals surface area contributed by atoms with Gasteiger partial charge in [-0.2, -0.15) is 0 Å². The van der Waals surface area contributed by atoms with E-state index in [0.717, 1.165) is 16.3 Å². The molecule has 2 aromatic carbocycles. The van der Waals surface area contributed by atoms with Gasteiger partial charge in [-0.3, -0.25) is 15.1 Å². The van der Waals surface area contributed by atoms with Crippen LogP contribution in [-0.4, -0.2) is 34.6 Å². The van der Waals surface area contributed by atoms with Crippen LogP contribution in [-0.2, 0) is 16.1 Å². The molecule has 156 valence electrons. The van der Waals surface area contributed by atoms with Crippen molar-refractivity contribution in [3.8, 4) is 0 Å². The van der Waals surface area contributed by atoms with Gasteiger partial charge in [-0.05, 0) is 30.0 Å². The lowest BCUT2D eigenvalue weighted by molar-refractivity contribution is -0.135. The van der Waals surface area contributed by atoms with Crippen molar-refractivity contribution in [2.45, 2.75) is 26.4 Å². The Hall–Kier alpha value is -3.16. The molecule has 0 bridgehead atoms. The number of benzene rings is 2. The molecule has 7 nitrogen and oxygen atoms in total. The summed E-state index contributed by atoms with van der Waals surface area (Å²) in [5.41, 5.74) is 3.90. The zero-order valence-electron chi connectivity index (χ0n) is 16.8. The number of nitrogens with one attached hydrogen (secondary N) is 2. The number of rotatable bonds is 7. The van der Waals surface area contributed by atoms with Gasteiger partial charge in [0.2, 0.25) is 5.91 Å². The quantitative estimate of drug-likeness (QED) is 0.548. The number of fused-ring (bicyclic) bond motifs is 1. The van der Waals surface area contributed by atoms with E-state index in [0.29, 0.717) is 17.4 Å². The Balaban J connectivity index is 1.53. The molecule has 0 aliphatic carbocycles. The molecule has 1 heterocycles. The maximum absolute atomic E-state index is 12.2. The van der Waals surface area contributed by atoms with E-state index in [1.54, 1.807) is 25.3 Å². The van der Waals surface area contributed by atoms with Gasteiger partial charge in [-0.1, -0.05) is 54.1 Å². The summed E-state index contributed by atoms with van der Waals surface area (Å²) in [4.78, 5) is 28.4. The molecule has 8 heteroatoms. The van der Waals surface area contributed by atoms with Crippen LogP contribution >= 0.6 is 11.6 Å². The Kier molecular flexibility index (Phi) is 7.21. The van der Waals surface area contributed by atoms with Crippen LogP contribution in [0, 0.1) is 0 Å². The van der Waals surface area contributed by atoms with E-state index in [4.69, 9.17) is 16.3 Å². The highest BCUT2D eigenvalue weighted by Crippen LogP contribution is 2.17. The molecule has 0 saturated carbocycles. The molecule has 30 heavy (non-hydrogen) atoms. The zero-order chi connectivity index (χ0) is 21.5. The lowest BCUT2D eigenvalue weighted by Crippen LogP contribution is -2.49. The standard InChI is InChI=1S/C22H23ClN4O3/c1-15(27(16(2)28)25-13-19-9-5-6-10-20(19)23)14-30-22(29)26-21-11-17-7-3-4-8-18(17)12-24-21/h3-12,15,25H,13-14H2,1-2H3,(H,24,26,29)/t15-/m0/s1. The molecule has 0 radical (unpaired) electrons. The summed E-state index contributed by atoms with van der Waals surface area (Å²) < 4.78 is 5.28. The number of hydrogen-bond donors (Lipinski definition) is 2. The van der Waals surface area contributed by atoms with E-state index in [9.17, 15) is 9.59 Å². The van der Waals surface area contributed by atoms with Crippen molar-refractivity contribution in [1.82, 2.24) is 15.4 Å². The largest absolute Gasteiger partial charge is 0.447 e. The third kappa shape index (κ3) is 5.68. The van der Waals surface area contributed by atoms with Crippen LogP contribution in [0.15, 0.2) is 60.8 Å². The second-order valence-corrected chi connectivity index (χ2v) is 7.21. The minimum absolute atomic E-state index is 0.00845. The van der Waals surface area contributed by atoms with Crippen LogP contribution in [0.1, 0.15) is 19.4 Å². The third-order valence-electron chi connectivity index (χ3n) is 4.49. The number of aromatic nitrogens is 1. The first-order chi connectivity index (χ1) is 14.4. The number of pyridine rings is 1. The van der Waals surface area contributed by atoms with Gasteiger partial charge < -0.3 is 4.74 Å². The molecule has 3 aromatic rings. The van der Waals surface area contributed by atoms with Crippen molar-refractivity contribution in [2.24, 2.45) is 0 Å². The number of carbonyl (C=O) groups excluding carboxylic acids is 2. The van der Waals surface area contributed by atoms with Crippen LogP contribution < -0.4 is 10.7 Å². The number of carbonyl (C=O) groups is 2. The normalized spacial score (nSPS) is 11.7. The number of hydrazine groups is 1. The van der Waals surface area contributed by atoms with Crippen molar-refractivity contribution in [3.05, 3.63) is 71.4 Å². The van der Waals surface area contributed by atoms with Crippen LogP contribution in [0.4, 0.5) is 10.6 Å². The fourth-order valence-corrected chi connectivity index (χ4v) is 3.16. The lowest BCUT2D eigenvalue weighted by atomic mass is 10.2. The van der Waals surface area contributed by atoms with Gasteiger partial charge >= 0.3 is 6.09 Å². The molecule has 2 amide bonds. The van der Waals surface area contributed by atoms with Crippen molar-refractivity contribution in [3.63, 3.8) is 0 Å². The van der Waals surface area contributed by atoms with Gasteiger partial charge in [0.15, 0.2) is 0 Å². The van der Waals surface area contributed by atoms with Gasteiger partial charge in [-0.25, -0.2) is 15.2 Å². The highest BCUT2D eigenvalue weighted by atomic mass is 35.5. The maximum Gasteiger partial charge on any atom is 0.412 e. The van der Waals surface area contributed by atoms with Crippen LogP contribution in [0.5, 0.6) is 0 Å². The lowest BCUT2D eigenvalue weighted by Gasteiger charge is -2.28. The Morgan fingerprint density at radius 2 is 1.83 bits per heavy atom. The van der Waals surface area contributed by atoms with Crippen LogP contribution in [0.25, 0.3) is 10.8 Å². The molecule has 2 N–H and O–H groups in total.